The number of carboxylic acids is 1. The molecule has 0 aliphatic heterocycles. The summed E-state index contributed by atoms with van der Waals surface area (Å²) in [6, 6.07) is -0.286. The Morgan fingerprint density at radius 1 is 1.31 bits per heavy atom. The minimum atomic E-state index is -1.01. The van der Waals surface area contributed by atoms with Crippen LogP contribution < -0.4 is 5.73 Å². The van der Waals surface area contributed by atoms with Gasteiger partial charge in [0.1, 0.15) is 6.54 Å². The molecular weight excluding hydrogens is 208 g/mol. The van der Waals surface area contributed by atoms with Gasteiger partial charge in [0.05, 0.1) is 5.92 Å². The molecule has 0 aromatic heterocycles. The predicted octanol–water partition coefficient (Wildman–Crippen LogP) is 0.681. The number of hydrogen-bond donors (Lipinski definition) is 2. The van der Waals surface area contributed by atoms with Crippen LogP contribution in [-0.2, 0) is 9.59 Å². The molecule has 0 spiro atoms. The Bertz CT molecular complexity index is 269. The van der Waals surface area contributed by atoms with E-state index in [-0.39, 0.29) is 24.4 Å². The smallest absolute Gasteiger partial charge is 0.323 e. The largest absolute Gasteiger partial charge is 0.480 e. The van der Waals surface area contributed by atoms with Gasteiger partial charge in [0.2, 0.25) is 5.91 Å². The van der Waals surface area contributed by atoms with E-state index in [0.29, 0.717) is 0 Å². The minimum absolute atomic E-state index is 0.218. The summed E-state index contributed by atoms with van der Waals surface area (Å²) < 4.78 is 0. The zero-order valence-corrected chi connectivity index (χ0v) is 10.7. The molecule has 94 valence electrons. The van der Waals surface area contributed by atoms with Crippen molar-refractivity contribution in [2.24, 2.45) is 11.7 Å². The number of aliphatic carboxylic acids is 1. The summed E-state index contributed by atoms with van der Waals surface area (Å²) in [6.45, 7) is 8.59. The summed E-state index contributed by atoms with van der Waals surface area (Å²) in [5, 5.41) is 8.79. The van der Waals surface area contributed by atoms with Gasteiger partial charge >= 0.3 is 5.97 Å². The van der Waals surface area contributed by atoms with Crippen molar-refractivity contribution in [1.29, 1.82) is 0 Å². The topological polar surface area (TPSA) is 83.6 Å². The third-order valence-corrected chi connectivity index (χ3v) is 2.55. The number of nitrogens with two attached hydrogens (primary N) is 1. The Labute approximate surface area is 96.6 Å². The average molecular weight is 230 g/mol. The highest BCUT2D eigenvalue weighted by Gasteiger charge is 2.32. The zero-order valence-electron chi connectivity index (χ0n) is 10.7. The molecule has 0 rings (SSSR count). The van der Waals surface area contributed by atoms with E-state index in [1.54, 1.807) is 13.8 Å². The van der Waals surface area contributed by atoms with Crippen LogP contribution in [0.15, 0.2) is 0 Å². The molecule has 0 aliphatic rings. The quantitative estimate of drug-likeness (QED) is 0.744. The van der Waals surface area contributed by atoms with Crippen molar-refractivity contribution >= 4 is 11.9 Å². The normalized spacial score (nSPS) is 15.4. The van der Waals surface area contributed by atoms with Crippen LogP contribution in [0.1, 0.15) is 34.6 Å². The minimum Gasteiger partial charge on any atom is -0.480 e. The van der Waals surface area contributed by atoms with Gasteiger partial charge in [-0.15, -0.1) is 0 Å². The van der Waals surface area contributed by atoms with Crippen LogP contribution in [0.4, 0.5) is 0 Å². The second kappa shape index (κ2) is 5.30. The highest BCUT2D eigenvalue weighted by atomic mass is 16.4. The van der Waals surface area contributed by atoms with E-state index in [2.05, 4.69) is 0 Å². The van der Waals surface area contributed by atoms with Crippen LogP contribution in [0.3, 0.4) is 0 Å². The summed E-state index contributed by atoms with van der Waals surface area (Å²) in [5.74, 6) is -1.61. The summed E-state index contributed by atoms with van der Waals surface area (Å²) in [6.07, 6.45) is 0. The van der Waals surface area contributed by atoms with E-state index in [1.807, 2.05) is 20.8 Å². The predicted molar refractivity (Wildman–Crippen MR) is 61.9 cm³/mol. The second-order valence-corrected chi connectivity index (χ2v) is 5.14. The second-order valence-electron chi connectivity index (χ2n) is 5.14. The molecule has 16 heavy (non-hydrogen) atoms. The van der Waals surface area contributed by atoms with Crippen LogP contribution >= 0.6 is 0 Å². The van der Waals surface area contributed by atoms with E-state index in [4.69, 9.17) is 10.8 Å². The standard InChI is InChI=1S/C11H22N2O3/c1-7(8(2)12)10(16)13(6-9(14)15)11(3,4)5/h7-8H,6,12H2,1-5H3,(H,14,15). The molecular formula is C11H22N2O3. The van der Waals surface area contributed by atoms with Crippen molar-refractivity contribution in [2.45, 2.75) is 46.2 Å². The Morgan fingerprint density at radius 3 is 2.00 bits per heavy atom. The summed E-state index contributed by atoms with van der Waals surface area (Å²) in [4.78, 5) is 24.1. The first-order chi connectivity index (χ1) is 7.07. The maximum atomic E-state index is 12.0. The molecule has 0 aliphatic carbocycles. The van der Waals surface area contributed by atoms with E-state index >= 15 is 0 Å². The number of nitrogens with zero attached hydrogens (tertiary/aromatic N) is 1. The fourth-order valence-electron chi connectivity index (χ4n) is 1.25. The number of carbonyl (C=O) groups excluding carboxylic acids is 1. The molecule has 0 aromatic rings. The maximum absolute atomic E-state index is 12.0. The molecule has 0 radical (unpaired) electrons. The molecule has 0 saturated heterocycles. The molecule has 5 nitrogen and oxygen atoms in total. The van der Waals surface area contributed by atoms with Crippen LogP contribution in [0.5, 0.6) is 0 Å². The SMILES string of the molecule is CC(N)C(C)C(=O)N(CC(=O)O)C(C)(C)C. The number of rotatable bonds is 4. The van der Waals surface area contributed by atoms with E-state index in [9.17, 15) is 9.59 Å². The van der Waals surface area contributed by atoms with Crippen LogP contribution in [-0.4, -0.2) is 40.0 Å². The summed E-state index contributed by atoms with van der Waals surface area (Å²) >= 11 is 0. The fourth-order valence-corrected chi connectivity index (χ4v) is 1.25. The number of carboxylic acid groups (broad SMARTS) is 1. The van der Waals surface area contributed by atoms with Gasteiger partial charge in [-0.25, -0.2) is 0 Å². The lowest BCUT2D eigenvalue weighted by Crippen LogP contribution is -2.52. The van der Waals surface area contributed by atoms with Gasteiger partial charge in [0, 0.05) is 11.6 Å². The van der Waals surface area contributed by atoms with Gasteiger partial charge < -0.3 is 15.7 Å². The van der Waals surface area contributed by atoms with Gasteiger partial charge in [-0.05, 0) is 27.7 Å². The Morgan fingerprint density at radius 2 is 1.75 bits per heavy atom. The molecule has 2 atom stereocenters. The molecule has 0 saturated carbocycles. The van der Waals surface area contributed by atoms with Gasteiger partial charge in [-0.3, -0.25) is 9.59 Å². The Balaban J connectivity index is 4.91. The van der Waals surface area contributed by atoms with Crippen molar-refractivity contribution in [1.82, 2.24) is 4.90 Å². The Kier molecular flexibility index (Phi) is 4.93. The third-order valence-electron chi connectivity index (χ3n) is 2.55. The van der Waals surface area contributed by atoms with Gasteiger partial charge in [-0.2, -0.15) is 0 Å². The lowest BCUT2D eigenvalue weighted by molar-refractivity contribution is -0.150. The highest BCUT2D eigenvalue weighted by molar-refractivity contribution is 5.84. The number of carbonyl (C=O) groups is 2. The van der Waals surface area contributed by atoms with E-state index in [1.165, 1.54) is 4.90 Å². The summed E-state index contributed by atoms with van der Waals surface area (Å²) in [5.41, 5.74) is 5.14. The number of amides is 1. The van der Waals surface area contributed by atoms with Gasteiger partial charge in [0.15, 0.2) is 0 Å². The van der Waals surface area contributed by atoms with E-state index < -0.39 is 11.5 Å². The Hall–Kier alpha value is -1.10. The third kappa shape index (κ3) is 4.18. The molecule has 1 amide bonds. The van der Waals surface area contributed by atoms with Gasteiger partial charge in [0.25, 0.3) is 0 Å². The zero-order chi connectivity index (χ0) is 13.1. The molecule has 3 N–H and O–H groups in total. The van der Waals surface area contributed by atoms with Gasteiger partial charge in [-0.1, -0.05) is 6.92 Å². The molecule has 0 aromatic carbocycles. The maximum Gasteiger partial charge on any atom is 0.323 e. The number of hydrogen-bond acceptors (Lipinski definition) is 3. The van der Waals surface area contributed by atoms with Crippen LogP contribution in [0.25, 0.3) is 0 Å². The molecule has 0 fully saturated rings. The van der Waals surface area contributed by atoms with Crippen molar-refractivity contribution < 1.29 is 14.7 Å². The van der Waals surface area contributed by atoms with Crippen LogP contribution in [0.2, 0.25) is 0 Å². The first kappa shape index (κ1) is 14.9. The lowest BCUT2D eigenvalue weighted by atomic mass is 9.98. The lowest BCUT2D eigenvalue weighted by Gasteiger charge is -2.37. The van der Waals surface area contributed by atoms with Crippen molar-refractivity contribution in [2.75, 3.05) is 6.54 Å². The molecule has 5 heteroatoms. The molecule has 2 unspecified atom stereocenters. The monoisotopic (exact) mass is 230 g/mol. The first-order valence-electron chi connectivity index (χ1n) is 5.36. The molecule has 0 bridgehead atoms. The average Bonchev–Trinajstić information content (AvgIpc) is 2.09. The van der Waals surface area contributed by atoms with Crippen molar-refractivity contribution in [3.63, 3.8) is 0 Å². The van der Waals surface area contributed by atoms with Crippen LogP contribution in [0, 0.1) is 5.92 Å². The fraction of sp³-hybridized carbons (Fsp3) is 0.818. The molecule has 0 heterocycles. The van der Waals surface area contributed by atoms with E-state index in [0.717, 1.165) is 0 Å². The van der Waals surface area contributed by atoms with Crippen molar-refractivity contribution in [3.05, 3.63) is 0 Å². The summed E-state index contributed by atoms with van der Waals surface area (Å²) in [7, 11) is 0. The first-order valence-corrected chi connectivity index (χ1v) is 5.36. The highest BCUT2D eigenvalue weighted by Crippen LogP contribution is 2.17. The van der Waals surface area contributed by atoms with Crippen molar-refractivity contribution in [3.8, 4) is 0 Å².